The van der Waals surface area contributed by atoms with Gasteiger partial charge in [0.25, 0.3) is 10.6 Å². The lowest BCUT2D eigenvalue weighted by Crippen LogP contribution is -2.15. The number of phenols is 1. The molecular weight excluding hydrogens is 372 g/mol. The molecule has 2 aromatic carbocycles. The SMILES string of the molecule is O=[N+]([O-])c1ccc([O-])c(C=NCC(O)CN=Cc2cc([N+](=O)O)ccc2O)c1. The van der Waals surface area contributed by atoms with Crippen molar-refractivity contribution < 1.29 is 30.4 Å². The molecule has 0 aliphatic carbocycles. The molecule has 2 aromatic rings. The molecule has 0 saturated carbocycles. The van der Waals surface area contributed by atoms with Crippen molar-refractivity contribution in [3.8, 4) is 11.5 Å². The molecule has 2 rings (SSSR count). The Bertz CT molecular complexity index is 868. The molecule has 0 spiro atoms. The molecule has 0 aromatic heterocycles. The summed E-state index contributed by atoms with van der Waals surface area (Å²) in [7, 11) is 0. The maximum absolute atomic E-state index is 11.6. The van der Waals surface area contributed by atoms with Crippen molar-refractivity contribution in [3.05, 3.63) is 62.5 Å². The van der Waals surface area contributed by atoms with Crippen LogP contribution in [0.2, 0.25) is 0 Å². The highest BCUT2D eigenvalue weighted by atomic mass is 16.6. The van der Waals surface area contributed by atoms with E-state index < -0.39 is 16.8 Å². The number of hydrogen-bond donors (Lipinski definition) is 3. The minimum atomic E-state index is -1.01. The number of hydrogen-bond acceptors (Lipinski definition) is 8. The first-order chi connectivity index (χ1) is 13.3. The van der Waals surface area contributed by atoms with Crippen LogP contribution in [0.5, 0.6) is 11.5 Å². The van der Waals surface area contributed by atoms with Gasteiger partial charge in [0, 0.05) is 42.3 Å². The first-order valence-corrected chi connectivity index (χ1v) is 7.90. The van der Waals surface area contributed by atoms with E-state index in [0.717, 1.165) is 24.4 Å². The summed E-state index contributed by atoms with van der Waals surface area (Å²) in [6.07, 6.45) is 1.34. The highest BCUT2D eigenvalue weighted by Gasteiger charge is 2.13. The van der Waals surface area contributed by atoms with E-state index in [-0.39, 0.29) is 46.3 Å². The fraction of sp³-hybridized carbons (Fsp3) is 0.176. The second-order valence-electron chi connectivity index (χ2n) is 5.64. The van der Waals surface area contributed by atoms with Crippen molar-refractivity contribution in [2.24, 2.45) is 9.98 Å². The lowest BCUT2D eigenvalue weighted by Gasteiger charge is -2.09. The molecule has 146 valence electrons. The number of phenolic OH excluding ortho intramolecular Hbond substituents is 1. The summed E-state index contributed by atoms with van der Waals surface area (Å²) in [5, 5.41) is 50.7. The number of nitro benzene ring substituents is 1. The number of aliphatic imine (C=N–C) groups is 2. The fourth-order valence-corrected chi connectivity index (χ4v) is 2.12. The molecule has 0 aliphatic heterocycles. The van der Waals surface area contributed by atoms with Gasteiger partial charge in [-0.15, -0.1) is 0 Å². The van der Waals surface area contributed by atoms with E-state index in [1.165, 1.54) is 24.4 Å². The van der Waals surface area contributed by atoms with Crippen LogP contribution in [0.25, 0.3) is 0 Å². The Morgan fingerprint density at radius 1 is 1.00 bits per heavy atom. The Balaban J connectivity index is 1.95. The summed E-state index contributed by atoms with van der Waals surface area (Å²) in [5.74, 6) is -0.607. The summed E-state index contributed by atoms with van der Waals surface area (Å²) in [4.78, 5) is 28.4. The molecule has 1 atom stereocenters. The molecule has 0 aliphatic rings. The fourth-order valence-electron chi connectivity index (χ4n) is 2.12. The average Bonchev–Trinajstić information content (AvgIpc) is 2.64. The van der Waals surface area contributed by atoms with E-state index in [9.17, 15) is 30.3 Å². The normalized spacial score (nSPS) is 12.5. The number of aliphatic hydroxyl groups is 1. The Kier molecular flexibility index (Phi) is 6.71. The molecule has 0 heterocycles. The third-order valence-corrected chi connectivity index (χ3v) is 3.53. The molecule has 0 radical (unpaired) electrons. The minimum absolute atomic E-state index is 0.0257. The molecular formula is C17H16N4O7. The molecule has 0 saturated heterocycles. The first kappa shape index (κ1) is 20.5. The van der Waals surface area contributed by atoms with Crippen molar-refractivity contribution in [2.45, 2.75) is 6.10 Å². The minimum Gasteiger partial charge on any atom is -0.872 e. The topological polar surface area (TPSA) is 172 Å². The van der Waals surface area contributed by atoms with Gasteiger partial charge in [0.05, 0.1) is 29.0 Å². The number of benzene rings is 2. The van der Waals surface area contributed by atoms with Crippen LogP contribution in [0.4, 0.5) is 11.4 Å². The van der Waals surface area contributed by atoms with Crippen LogP contribution in [0.1, 0.15) is 11.1 Å². The average molecular weight is 388 g/mol. The van der Waals surface area contributed by atoms with Gasteiger partial charge in [-0.3, -0.25) is 20.1 Å². The lowest BCUT2D eigenvalue weighted by atomic mass is 10.2. The molecule has 3 N–H and O–H groups in total. The van der Waals surface area contributed by atoms with E-state index in [2.05, 4.69) is 9.98 Å². The van der Waals surface area contributed by atoms with Crippen molar-refractivity contribution in [2.75, 3.05) is 13.1 Å². The third kappa shape index (κ3) is 5.57. The maximum atomic E-state index is 11.6. The van der Waals surface area contributed by atoms with Gasteiger partial charge in [-0.2, -0.15) is 0 Å². The van der Waals surface area contributed by atoms with Crippen LogP contribution in [0.3, 0.4) is 0 Å². The monoisotopic (exact) mass is 388 g/mol. The Morgan fingerprint density at radius 3 is 2.18 bits per heavy atom. The Hall–Kier alpha value is -3.86. The van der Waals surface area contributed by atoms with Crippen LogP contribution in [-0.2, 0) is 0 Å². The van der Waals surface area contributed by atoms with Crippen molar-refractivity contribution in [3.63, 3.8) is 0 Å². The van der Waals surface area contributed by atoms with Gasteiger partial charge in [0.15, 0.2) is 0 Å². The van der Waals surface area contributed by atoms with Crippen LogP contribution in [0, 0.1) is 15.0 Å². The third-order valence-electron chi connectivity index (χ3n) is 3.53. The van der Waals surface area contributed by atoms with Crippen LogP contribution in [0.15, 0.2) is 46.4 Å². The highest BCUT2D eigenvalue weighted by molar-refractivity contribution is 5.85. The van der Waals surface area contributed by atoms with Crippen LogP contribution >= 0.6 is 0 Å². The van der Waals surface area contributed by atoms with Gasteiger partial charge >= 0.3 is 5.69 Å². The van der Waals surface area contributed by atoms with Gasteiger partial charge < -0.3 is 15.3 Å². The number of non-ortho nitro benzene ring substituents is 1. The van der Waals surface area contributed by atoms with Gasteiger partial charge in [0.2, 0.25) is 0 Å². The second-order valence-corrected chi connectivity index (χ2v) is 5.64. The zero-order chi connectivity index (χ0) is 20.7. The van der Waals surface area contributed by atoms with E-state index in [1.54, 1.807) is 0 Å². The molecule has 11 nitrogen and oxygen atoms in total. The predicted molar refractivity (Wildman–Crippen MR) is 96.7 cm³/mol. The number of nitrogens with zero attached hydrogens (tertiary/aromatic N) is 4. The summed E-state index contributed by atoms with van der Waals surface area (Å²) >= 11 is 0. The predicted octanol–water partition coefficient (Wildman–Crippen LogP) is 1.07. The number of aromatic hydroxyl groups is 1. The largest absolute Gasteiger partial charge is 0.872 e. The lowest BCUT2D eigenvalue weighted by molar-refractivity contribution is -0.729. The number of aliphatic hydroxyl groups excluding tert-OH is 1. The molecule has 0 fully saturated rings. The Labute approximate surface area is 158 Å². The van der Waals surface area contributed by atoms with Crippen molar-refractivity contribution in [1.29, 1.82) is 0 Å². The van der Waals surface area contributed by atoms with E-state index >= 15 is 0 Å². The van der Waals surface area contributed by atoms with E-state index in [4.69, 9.17) is 5.21 Å². The number of rotatable bonds is 8. The van der Waals surface area contributed by atoms with E-state index in [1.807, 2.05) is 0 Å². The molecule has 28 heavy (non-hydrogen) atoms. The van der Waals surface area contributed by atoms with Gasteiger partial charge in [-0.05, 0) is 11.6 Å². The molecule has 1 unspecified atom stereocenters. The standard InChI is InChI=1S/C17H16N4O7/c22-15(9-18-7-11-5-13(20(25)26)1-3-16(11)23)10-19-8-12-6-14(21(27)28)2-4-17(12)24/h1-8,15,22H,9-10H2,(H2-,18,19,23,24,25,26). The van der Waals surface area contributed by atoms with Crippen molar-refractivity contribution >= 4 is 23.8 Å². The summed E-state index contributed by atoms with van der Waals surface area (Å²) < 4.78 is 0. The number of nitro groups is 1. The van der Waals surface area contributed by atoms with E-state index in [0.29, 0.717) is 0 Å². The highest BCUT2D eigenvalue weighted by Crippen LogP contribution is 2.21. The zero-order valence-electron chi connectivity index (χ0n) is 14.4. The smallest absolute Gasteiger partial charge is 0.317 e. The van der Waals surface area contributed by atoms with Gasteiger partial charge in [-0.1, -0.05) is 11.8 Å². The van der Waals surface area contributed by atoms with Crippen LogP contribution in [-0.4, -0.2) is 56.9 Å². The summed E-state index contributed by atoms with van der Waals surface area (Å²) in [6, 6.07) is 6.87. The summed E-state index contributed by atoms with van der Waals surface area (Å²) in [5.41, 5.74) is -0.156. The summed E-state index contributed by atoms with van der Waals surface area (Å²) in [6.45, 7) is -0.211. The van der Waals surface area contributed by atoms with Gasteiger partial charge in [-0.25, -0.2) is 5.21 Å². The Morgan fingerprint density at radius 2 is 1.57 bits per heavy atom. The first-order valence-electron chi connectivity index (χ1n) is 7.90. The second kappa shape index (κ2) is 9.19. The molecule has 11 heteroatoms. The maximum Gasteiger partial charge on any atom is 0.317 e. The van der Waals surface area contributed by atoms with Crippen LogP contribution < -0.4 is 5.11 Å². The zero-order valence-corrected chi connectivity index (χ0v) is 14.4. The van der Waals surface area contributed by atoms with Crippen molar-refractivity contribution in [1.82, 2.24) is 0 Å². The quantitative estimate of drug-likeness (QED) is 0.345. The molecule has 0 bridgehead atoms. The molecule has 0 amide bonds. The van der Waals surface area contributed by atoms with Gasteiger partial charge in [0.1, 0.15) is 5.75 Å².